The maximum absolute atomic E-state index is 2.61. The number of nitrogens with zero attached hydrogens (tertiary/aromatic N) is 2. The van der Waals surface area contributed by atoms with Gasteiger partial charge in [0.25, 0.3) is 0 Å². The number of para-hydroxylation sites is 2. The standard InChI is InChI=1S/C68H60N2/c1-68(2)62-24-14-12-23-59(62)67-61(50-18-8-4-9-19-50)44-57(45-63(67)68)70(64-25-15-13-22-58(64)49-16-6-3-7-17-49)66-43-47-27-32-52-31-26-46(28-33-53(66)34-29-47)42-65(52)69(55-20-10-5-11-21-55)56-38-36-51(37-39-56)60-41-48-30-35-54(60)40-48/h3-26,29,31,34,36-39,42-45,48,54,60H,27-28,30,32-33,35,40-41H2,1-2H3. The summed E-state index contributed by atoms with van der Waals surface area (Å²) in [5.41, 5.74) is 24.5. The van der Waals surface area contributed by atoms with Gasteiger partial charge in [-0.25, -0.2) is 0 Å². The van der Waals surface area contributed by atoms with E-state index in [4.69, 9.17) is 0 Å². The molecule has 3 atom stereocenters. The monoisotopic (exact) mass is 904 g/mol. The van der Waals surface area contributed by atoms with Crippen LogP contribution in [-0.4, -0.2) is 0 Å². The van der Waals surface area contributed by atoms with Gasteiger partial charge in [-0.05, 0) is 184 Å². The summed E-state index contributed by atoms with van der Waals surface area (Å²) in [5, 5.41) is 0. The van der Waals surface area contributed by atoms with Gasteiger partial charge in [0.2, 0.25) is 0 Å². The molecule has 70 heavy (non-hydrogen) atoms. The zero-order chi connectivity index (χ0) is 46.8. The minimum atomic E-state index is -0.188. The second kappa shape index (κ2) is 17.5. The predicted octanol–water partition coefficient (Wildman–Crippen LogP) is 18.1. The highest BCUT2D eigenvalue weighted by Crippen LogP contribution is 2.56. The van der Waals surface area contributed by atoms with Crippen LogP contribution in [0, 0.1) is 11.8 Å². The van der Waals surface area contributed by atoms with Crippen LogP contribution in [-0.2, 0) is 31.1 Å². The zero-order valence-corrected chi connectivity index (χ0v) is 40.5. The van der Waals surface area contributed by atoms with Gasteiger partial charge >= 0.3 is 0 Å². The fourth-order valence-electron chi connectivity index (χ4n) is 13.2. The lowest BCUT2D eigenvalue weighted by molar-refractivity contribution is 0.420. The number of anilines is 6. The Morgan fingerprint density at radius 2 is 0.971 bits per heavy atom. The lowest BCUT2D eigenvalue weighted by atomic mass is 9.81. The van der Waals surface area contributed by atoms with Crippen molar-refractivity contribution in [2.75, 3.05) is 9.80 Å². The number of rotatable bonds is 9. The van der Waals surface area contributed by atoms with Gasteiger partial charge in [0.1, 0.15) is 0 Å². The Morgan fingerprint density at radius 3 is 1.61 bits per heavy atom. The Labute approximate surface area is 414 Å². The van der Waals surface area contributed by atoms with Gasteiger partial charge in [0.15, 0.2) is 0 Å². The van der Waals surface area contributed by atoms with E-state index < -0.39 is 0 Å². The molecule has 16 rings (SSSR count). The molecule has 0 aliphatic heterocycles. The summed E-state index contributed by atoms with van der Waals surface area (Å²) in [4.78, 5) is 5.14. The van der Waals surface area contributed by atoms with E-state index in [1.54, 1.807) is 0 Å². The van der Waals surface area contributed by atoms with Crippen molar-refractivity contribution in [1.29, 1.82) is 0 Å². The van der Waals surface area contributed by atoms with E-state index in [-0.39, 0.29) is 5.41 Å². The van der Waals surface area contributed by atoms with E-state index >= 15 is 0 Å². The summed E-state index contributed by atoms with van der Waals surface area (Å²) >= 11 is 0. The van der Waals surface area contributed by atoms with Crippen molar-refractivity contribution >= 4 is 34.1 Å². The molecule has 2 nitrogen and oxygen atoms in total. The molecule has 7 aliphatic rings. The molecule has 9 aromatic rings. The summed E-state index contributed by atoms with van der Waals surface area (Å²) in [6.07, 6.45) is 9.29. The van der Waals surface area contributed by atoms with Gasteiger partial charge in [-0.2, -0.15) is 0 Å². The molecule has 9 aromatic carbocycles. The van der Waals surface area contributed by atoms with E-state index in [0.29, 0.717) is 0 Å². The van der Waals surface area contributed by atoms with Crippen LogP contribution in [0.3, 0.4) is 0 Å². The van der Waals surface area contributed by atoms with E-state index in [1.807, 2.05) is 0 Å². The average Bonchev–Trinajstić information content (AvgIpc) is 4.11. The molecule has 0 radical (unpaired) electrons. The summed E-state index contributed by atoms with van der Waals surface area (Å²) in [6.45, 7) is 4.82. The van der Waals surface area contributed by atoms with Crippen LogP contribution >= 0.6 is 0 Å². The third kappa shape index (κ3) is 7.48. The van der Waals surface area contributed by atoms with Crippen molar-refractivity contribution in [2.45, 2.75) is 76.5 Å². The molecule has 0 amide bonds. The quantitative estimate of drug-likeness (QED) is 0.142. The fraction of sp³-hybridized carbons (Fsp3) is 0.206. The van der Waals surface area contributed by atoms with Crippen LogP contribution in [0.4, 0.5) is 34.1 Å². The molecule has 0 heterocycles. The number of benzene rings is 9. The van der Waals surface area contributed by atoms with Crippen LogP contribution in [0.15, 0.2) is 212 Å². The number of hydrogen-bond donors (Lipinski definition) is 0. The number of fused-ring (bicyclic) bond motifs is 5. The molecule has 0 N–H and O–H groups in total. The highest BCUT2D eigenvalue weighted by Gasteiger charge is 2.41. The molecule has 2 saturated carbocycles. The zero-order valence-electron chi connectivity index (χ0n) is 40.5. The van der Waals surface area contributed by atoms with Gasteiger partial charge in [0, 0.05) is 39.4 Å². The second-order valence-corrected chi connectivity index (χ2v) is 21.1. The van der Waals surface area contributed by atoms with Crippen LogP contribution in [0.2, 0.25) is 0 Å². The summed E-state index contributed by atoms with van der Waals surface area (Å²) in [6, 6.07) is 80.6. The molecule has 6 bridgehead atoms. The Kier molecular flexibility index (Phi) is 10.7. The smallest absolute Gasteiger partial charge is 0.0540 e. The largest absolute Gasteiger partial charge is 0.310 e. The molecule has 2 fully saturated rings. The molecule has 342 valence electrons. The Morgan fingerprint density at radius 1 is 0.400 bits per heavy atom. The summed E-state index contributed by atoms with van der Waals surface area (Å²) in [5.74, 6) is 2.53. The Bertz CT molecular complexity index is 3370. The first-order valence-corrected chi connectivity index (χ1v) is 25.9. The van der Waals surface area contributed by atoms with E-state index in [2.05, 4.69) is 236 Å². The Balaban J connectivity index is 0.945. The lowest BCUT2D eigenvalue weighted by Crippen LogP contribution is -2.18. The molecule has 2 heteroatoms. The van der Waals surface area contributed by atoms with Crippen molar-refractivity contribution in [3.05, 3.63) is 251 Å². The highest BCUT2D eigenvalue weighted by atomic mass is 15.2. The molecular formula is C68H60N2. The van der Waals surface area contributed by atoms with Crippen molar-refractivity contribution in [3.63, 3.8) is 0 Å². The van der Waals surface area contributed by atoms with Gasteiger partial charge in [-0.15, -0.1) is 0 Å². The summed E-state index contributed by atoms with van der Waals surface area (Å²) in [7, 11) is 0. The number of hydrogen-bond acceptors (Lipinski definition) is 2. The molecule has 3 unspecified atom stereocenters. The van der Waals surface area contributed by atoms with E-state index in [0.717, 1.165) is 43.4 Å². The topological polar surface area (TPSA) is 6.48 Å². The van der Waals surface area contributed by atoms with E-state index in [9.17, 15) is 0 Å². The fourth-order valence-corrected chi connectivity index (χ4v) is 13.2. The molecule has 0 saturated heterocycles. The van der Waals surface area contributed by atoms with Crippen LogP contribution < -0.4 is 9.80 Å². The molecular weight excluding hydrogens is 845 g/mol. The normalized spacial score (nSPS) is 18.2. The second-order valence-electron chi connectivity index (χ2n) is 21.1. The lowest BCUT2D eigenvalue weighted by Gasteiger charge is -2.33. The highest BCUT2D eigenvalue weighted by molar-refractivity contribution is 5.98. The first kappa shape index (κ1) is 42.7. The number of aryl methyl sites for hydroxylation is 4. The third-order valence-electron chi connectivity index (χ3n) is 16.7. The van der Waals surface area contributed by atoms with Crippen LogP contribution in [0.5, 0.6) is 0 Å². The first-order chi connectivity index (χ1) is 34.4. The minimum absolute atomic E-state index is 0.188. The maximum Gasteiger partial charge on any atom is 0.0540 e. The molecule has 0 aromatic heterocycles. The van der Waals surface area contributed by atoms with Gasteiger partial charge in [-0.3, -0.25) is 0 Å². The SMILES string of the molecule is CC1(C)c2ccccc2-c2c(-c3ccccc3)cc(N(c3cc4ccc3CCc3ccc(c(N(c5ccccc5)c5ccc(C6CC7CCC6C7)cc5)c3)CC4)c3ccccc3-c3ccccc3)cc21. The van der Waals surface area contributed by atoms with Crippen molar-refractivity contribution < 1.29 is 0 Å². The first-order valence-electron chi connectivity index (χ1n) is 25.9. The Hall–Kier alpha value is -7.42. The average molecular weight is 905 g/mol. The van der Waals surface area contributed by atoms with Gasteiger partial charge < -0.3 is 9.80 Å². The summed E-state index contributed by atoms with van der Waals surface area (Å²) < 4.78 is 0. The molecule has 7 aliphatic carbocycles. The van der Waals surface area contributed by atoms with E-state index in [1.165, 1.54) is 132 Å². The third-order valence-corrected chi connectivity index (χ3v) is 16.7. The van der Waals surface area contributed by atoms with Crippen molar-refractivity contribution in [2.24, 2.45) is 11.8 Å². The van der Waals surface area contributed by atoms with Crippen LogP contribution in [0.1, 0.15) is 84.4 Å². The van der Waals surface area contributed by atoms with Crippen molar-refractivity contribution in [3.8, 4) is 33.4 Å². The van der Waals surface area contributed by atoms with Gasteiger partial charge in [-0.1, -0.05) is 178 Å². The predicted molar refractivity (Wildman–Crippen MR) is 294 cm³/mol. The van der Waals surface area contributed by atoms with Gasteiger partial charge in [0.05, 0.1) is 5.69 Å². The van der Waals surface area contributed by atoms with Crippen molar-refractivity contribution in [1.82, 2.24) is 0 Å². The maximum atomic E-state index is 2.61. The van der Waals surface area contributed by atoms with Crippen LogP contribution in [0.25, 0.3) is 33.4 Å². The molecule has 0 spiro atoms. The minimum Gasteiger partial charge on any atom is -0.310 e.